The van der Waals surface area contributed by atoms with Gasteiger partial charge in [0.05, 0.1) is 18.2 Å². The normalized spacial score (nSPS) is 16.3. The van der Waals surface area contributed by atoms with E-state index < -0.39 is 0 Å². The maximum atomic E-state index is 14.8. The first-order valence-electron chi connectivity index (χ1n) is 10.1. The molecule has 0 spiro atoms. The van der Waals surface area contributed by atoms with E-state index in [1.165, 1.54) is 10.7 Å². The molecule has 0 N–H and O–H groups in total. The minimum Gasteiger partial charge on any atom is -0.496 e. The molecular weight excluding hydrogens is 526 g/mol. The van der Waals surface area contributed by atoms with Crippen molar-refractivity contribution in [3.63, 3.8) is 0 Å². The van der Waals surface area contributed by atoms with Gasteiger partial charge in [0.1, 0.15) is 24.2 Å². The molecule has 1 fully saturated rings. The first-order chi connectivity index (χ1) is 15.5. The lowest BCUT2D eigenvalue weighted by atomic mass is 10.1. The van der Waals surface area contributed by atoms with Gasteiger partial charge < -0.3 is 14.5 Å². The molecule has 166 valence electrons. The number of piperazine rings is 1. The van der Waals surface area contributed by atoms with E-state index in [0.717, 1.165) is 5.56 Å². The van der Waals surface area contributed by atoms with Gasteiger partial charge >= 0.3 is 0 Å². The molecule has 0 unspecified atom stereocenters. The van der Waals surface area contributed by atoms with E-state index in [1.807, 2.05) is 17.9 Å². The Morgan fingerprint density at radius 1 is 1.41 bits per heavy atom. The second kappa shape index (κ2) is 9.28. The molecule has 3 heterocycles. The predicted octanol–water partition coefficient (Wildman–Crippen LogP) is 3.12. The highest BCUT2D eigenvalue weighted by atomic mass is 127. The number of methoxy groups -OCH3 is 1. The van der Waals surface area contributed by atoms with Crippen molar-refractivity contribution in [3.8, 4) is 11.8 Å². The summed E-state index contributed by atoms with van der Waals surface area (Å²) in [6, 6.07) is 8.68. The molecule has 4 rings (SSSR count). The number of ether oxygens (including phenoxy) is 1. The molecule has 8 nitrogen and oxygen atoms in total. The highest BCUT2D eigenvalue weighted by Crippen LogP contribution is 2.31. The first-order valence-corrected chi connectivity index (χ1v) is 11.7. The Kier molecular flexibility index (Phi) is 6.45. The van der Waals surface area contributed by atoms with Crippen LogP contribution in [0.4, 0.5) is 10.1 Å². The molecular formula is C22H22FIN6O2. The fourth-order valence-corrected chi connectivity index (χ4v) is 4.68. The van der Waals surface area contributed by atoms with E-state index in [1.54, 1.807) is 36.4 Å². The maximum Gasteiger partial charge on any atom is 0.244 e. The van der Waals surface area contributed by atoms with Gasteiger partial charge in [-0.05, 0) is 25.1 Å². The summed E-state index contributed by atoms with van der Waals surface area (Å²) in [7, 11) is 1.58. The number of nitrogens with zero attached hydrogens (tertiary/aromatic N) is 6. The zero-order chi connectivity index (χ0) is 22.8. The van der Waals surface area contributed by atoms with Crippen LogP contribution in [-0.4, -0.2) is 58.4 Å². The summed E-state index contributed by atoms with van der Waals surface area (Å²) in [5.41, 5.74) is 2.05. The van der Waals surface area contributed by atoms with Crippen LogP contribution in [0.5, 0.6) is 5.75 Å². The zero-order valence-electron chi connectivity index (χ0n) is 17.8. The van der Waals surface area contributed by atoms with Crippen LogP contribution in [0.1, 0.15) is 18.2 Å². The van der Waals surface area contributed by atoms with Gasteiger partial charge in [-0.1, -0.05) is 22.6 Å². The van der Waals surface area contributed by atoms with Crippen molar-refractivity contribution in [1.29, 1.82) is 5.26 Å². The monoisotopic (exact) mass is 548 g/mol. The molecule has 3 aromatic rings. The number of anilines is 1. The number of amides is 1. The predicted molar refractivity (Wildman–Crippen MR) is 126 cm³/mol. The number of pyridine rings is 1. The average Bonchev–Trinajstić information content (AvgIpc) is 3.16. The fraction of sp³-hybridized carbons (Fsp3) is 0.364. The topological polar surface area (TPSA) is 87.3 Å². The van der Waals surface area contributed by atoms with Gasteiger partial charge in [0.25, 0.3) is 0 Å². The van der Waals surface area contributed by atoms with Crippen LogP contribution >= 0.6 is 22.6 Å². The van der Waals surface area contributed by atoms with Gasteiger partial charge in [-0.25, -0.2) is 14.1 Å². The van der Waals surface area contributed by atoms with Crippen LogP contribution < -0.4 is 9.64 Å². The summed E-state index contributed by atoms with van der Waals surface area (Å²) in [6.07, 6.45) is 1.61. The van der Waals surface area contributed by atoms with Crippen molar-refractivity contribution in [2.45, 2.75) is 23.9 Å². The number of aromatic nitrogens is 3. The van der Waals surface area contributed by atoms with Crippen molar-refractivity contribution >= 4 is 45.2 Å². The molecule has 1 atom stereocenters. The Balaban J connectivity index is 1.50. The minimum absolute atomic E-state index is 0.00786. The number of benzene rings is 1. The number of rotatable bonds is 5. The smallest absolute Gasteiger partial charge is 0.244 e. The van der Waals surface area contributed by atoms with Crippen LogP contribution in [0, 0.1) is 17.1 Å². The summed E-state index contributed by atoms with van der Waals surface area (Å²) >= 11 is 2.18. The first kappa shape index (κ1) is 22.3. The molecule has 0 saturated carbocycles. The van der Waals surface area contributed by atoms with Gasteiger partial charge in [0.2, 0.25) is 5.91 Å². The van der Waals surface area contributed by atoms with E-state index in [4.69, 9.17) is 4.74 Å². The van der Waals surface area contributed by atoms with Gasteiger partial charge in [-0.2, -0.15) is 10.4 Å². The number of carbonyl (C=O) groups excluding carboxylic acids is 1. The Labute approximate surface area is 198 Å². The van der Waals surface area contributed by atoms with E-state index in [9.17, 15) is 14.4 Å². The van der Waals surface area contributed by atoms with E-state index >= 15 is 0 Å². The van der Waals surface area contributed by atoms with Gasteiger partial charge in [-0.3, -0.25) is 4.79 Å². The number of hydrogen-bond acceptors (Lipinski definition) is 6. The molecule has 1 aliphatic heterocycles. The van der Waals surface area contributed by atoms with E-state index in [2.05, 4.69) is 32.7 Å². The summed E-state index contributed by atoms with van der Waals surface area (Å²) in [5, 5.41) is 14.2. The summed E-state index contributed by atoms with van der Waals surface area (Å²) in [5.74, 6) is 0.255. The van der Waals surface area contributed by atoms with Crippen molar-refractivity contribution in [2.24, 2.45) is 0 Å². The van der Waals surface area contributed by atoms with E-state index in [0.29, 0.717) is 46.5 Å². The molecule has 1 aliphatic rings. The van der Waals surface area contributed by atoms with Crippen LogP contribution in [0.15, 0.2) is 30.5 Å². The lowest BCUT2D eigenvalue weighted by molar-refractivity contribution is -0.134. The minimum atomic E-state index is -0.289. The Bertz CT molecular complexity index is 1210. The maximum absolute atomic E-state index is 14.8. The summed E-state index contributed by atoms with van der Waals surface area (Å²) in [4.78, 5) is 21.0. The quantitative estimate of drug-likeness (QED) is 0.360. The van der Waals surface area contributed by atoms with Gasteiger partial charge in [0.15, 0.2) is 11.3 Å². The standard InChI is InChI=1S/C22H22FIN6O2/c1-14-12-28(19-9-20(32-2)15(10-24)8-17(19)23)6-7-29(14)21(31)13-30-22-16(4-3-5-26-22)18(11-25)27-30/h3-5,8-9,14H,6-7,10,12-13H2,1-2H3/t14-/m0/s1. The van der Waals surface area contributed by atoms with Crippen molar-refractivity contribution in [3.05, 3.63) is 47.5 Å². The largest absolute Gasteiger partial charge is 0.496 e. The van der Waals surface area contributed by atoms with Gasteiger partial charge in [0, 0.05) is 47.9 Å². The average molecular weight is 548 g/mol. The van der Waals surface area contributed by atoms with Gasteiger partial charge in [-0.15, -0.1) is 0 Å². The van der Waals surface area contributed by atoms with Crippen LogP contribution in [0.25, 0.3) is 11.0 Å². The number of nitriles is 1. The zero-order valence-corrected chi connectivity index (χ0v) is 19.9. The molecule has 32 heavy (non-hydrogen) atoms. The number of alkyl halides is 1. The molecule has 1 amide bonds. The van der Waals surface area contributed by atoms with Crippen molar-refractivity contribution in [2.75, 3.05) is 31.6 Å². The SMILES string of the molecule is COc1cc(N2CCN(C(=O)Cn3nc(C#N)c4cccnc43)[C@@H](C)C2)c(F)cc1CI. The number of hydrogen-bond donors (Lipinski definition) is 0. The number of carbonyl (C=O) groups is 1. The third-order valence-electron chi connectivity index (χ3n) is 5.68. The van der Waals surface area contributed by atoms with E-state index in [-0.39, 0.29) is 30.0 Å². The molecule has 10 heteroatoms. The Morgan fingerprint density at radius 2 is 2.22 bits per heavy atom. The highest BCUT2D eigenvalue weighted by molar-refractivity contribution is 14.1. The lowest BCUT2D eigenvalue weighted by Crippen LogP contribution is -2.55. The molecule has 2 aromatic heterocycles. The number of halogens is 2. The number of fused-ring (bicyclic) bond motifs is 1. The highest BCUT2D eigenvalue weighted by Gasteiger charge is 2.30. The molecule has 1 aromatic carbocycles. The lowest BCUT2D eigenvalue weighted by Gasteiger charge is -2.41. The third-order valence-corrected chi connectivity index (χ3v) is 6.50. The van der Waals surface area contributed by atoms with Crippen molar-refractivity contribution in [1.82, 2.24) is 19.7 Å². The third kappa shape index (κ3) is 4.09. The second-order valence-electron chi connectivity index (χ2n) is 7.62. The second-order valence-corrected chi connectivity index (χ2v) is 8.39. The molecule has 0 radical (unpaired) electrons. The van der Waals surface area contributed by atoms with Crippen LogP contribution in [0.2, 0.25) is 0 Å². The Morgan fingerprint density at radius 3 is 2.91 bits per heavy atom. The fourth-order valence-electron chi connectivity index (χ4n) is 4.09. The molecule has 1 saturated heterocycles. The van der Waals surface area contributed by atoms with Crippen LogP contribution in [0.3, 0.4) is 0 Å². The Hall–Kier alpha value is -2.94. The van der Waals surface area contributed by atoms with Crippen LogP contribution in [-0.2, 0) is 15.8 Å². The summed E-state index contributed by atoms with van der Waals surface area (Å²) < 4.78 is 22.3. The molecule has 0 aliphatic carbocycles. The van der Waals surface area contributed by atoms with Crippen molar-refractivity contribution < 1.29 is 13.9 Å². The summed E-state index contributed by atoms with van der Waals surface area (Å²) in [6.45, 7) is 3.39. The molecule has 0 bridgehead atoms.